The molecule has 1 aliphatic carbocycles. The van der Waals surface area contributed by atoms with E-state index in [4.69, 9.17) is 9.47 Å². The molecule has 1 amide bonds. The molecular formula is C18H27NO3. The first-order valence-electron chi connectivity index (χ1n) is 7.98. The summed E-state index contributed by atoms with van der Waals surface area (Å²) in [5, 5.41) is 2.97. The Morgan fingerprint density at radius 2 is 1.91 bits per heavy atom. The number of alkyl carbamates (subject to hydrolysis) is 1. The van der Waals surface area contributed by atoms with Crippen LogP contribution in [0, 0.1) is 5.92 Å². The molecule has 4 nitrogen and oxygen atoms in total. The lowest BCUT2D eigenvalue weighted by Gasteiger charge is -2.23. The maximum absolute atomic E-state index is 11.9. The summed E-state index contributed by atoms with van der Waals surface area (Å²) in [6.07, 6.45) is 1.66. The molecule has 1 saturated carbocycles. The fraction of sp³-hybridized carbons (Fsp3) is 0.611. The predicted octanol–water partition coefficient (Wildman–Crippen LogP) is 3.90. The van der Waals surface area contributed by atoms with Gasteiger partial charge in [0.1, 0.15) is 5.60 Å². The average molecular weight is 305 g/mol. The van der Waals surface area contributed by atoms with Gasteiger partial charge in [-0.3, -0.25) is 0 Å². The van der Waals surface area contributed by atoms with Gasteiger partial charge in [0.15, 0.2) is 0 Å². The van der Waals surface area contributed by atoms with Gasteiger partial charge < -0.3 is 14.8 Å². The second kappa shape index (κ2) is 7.14. The number of hydrogen-bond donors (Lipinski definition) is 1. The van der Waals surface area contributed by atoms with E-state index in [9.17, 15) is 4.79 Å². The van der Waals surface area contributed by atoms with Crippen LogP contribution in [0.1, 0.15) is 46.1 Å². The number of carbonyl (C=O) groups excluding carboxylic acids is 1. The monoisotopic (exact) mass is 305 g/mol. The molecule has 0 spiro atoms. The Morgan fingerprint density at radius 1 is 1.23 bits per heavy atom. The fourth-order valence-electron chi connectivity index (χ4n) is 2.78. The molecule has 22 heavy (non-hydrogen) atoms. The number of hydrogen-bond acceptors (Lipinski definition) is 3. The van der Waals surface area contributed by atoms with E-state index in [-0.39, 0.29) is 18.2 Å². The van der Waals surface area contributed by atoms with E-state index in [2.05, 4.69) is 24.4 Å². The van der Waals surface area contributed by atoms with Crippen LogP contribution in [0.25, 0.3) is 0 Å². The topological polar surface area (TPSA) is 47.6 Å². The lowest BCUT2D eigenvalue weighted by Crippen LogP contribution is -2.40. The zero-order valence-electron chi connectivity index (χ0n) is 14.0. The highest BCUT2D eigenvalue weighted by Gasteiger charge is 2.33. The van der Waals surface area contributed by atoms with Crippen LogP contribution in [0.2, 0.25) is 0 Å². The Balaban J connectivity index is 1.78. The minimum Gasteiger partial charge on any atom is -0.444 e. The molecule has 0 aromatic heterocycles. The third-order valence-electron chi connectivity index (χ3n) is 3.87. The molecule has 3 atom stereocenters. The van der Waals surface area contributed by atoms with E-state index in [1.807, 2.05) is 39.0 Å². The Morgan fingerprint density at radius 3 is 2.55 bits per heavy atom. The lowest BCUT2D eigenvalue weighted by molar-refractivity contribution is 0.0398. The summed E-state index contributed by atoms with van der Waals surface area (Å²) in [7, 11) is 0. The Bertz CT molecular complexity index is 481. The van der Waals surface area contributed by atoms with Gasteiger partial charge in [-0.25, -0.2) is 4.79 Å². The summed E-state index contributed by atoms with van der Waals surface area (Å²) in [6.45, 7) is 8.38. The van der Waals surface area contributed by atoms with Crippen molar-refractivity contribution in [1.29, 1.82) is 0 Å². The third kappa shape index (κ3) is 5.34. The second-order valence-corrected chi connectivity index (χ2v) is 7.12. The molecule has 1 aromatic rings. The minimum absolute atomic E-state index is 0.121. The quantitative estimate of drug-likeness (QED) is 0.918. The molecule has 1 aliphatic rings. The second-order valence-electron chi connectivity index (χ2n) is 7.12. The van der Waals surface area contributed by atoms with Crippen LogP contribution in [-0.4, -0.2) is 23.8 Å². The van der Waals surface area contributed by atoms with Crippen molar-refractivity contribution in [1.82, 2.24) is 5.32 Å². The molecule has 0 radical (unpaired) electrons. The van der Waals surface area contributed by atoms with Gasteiger partial charge >= 0.3 is 6.09 Å². The molecule has 0 aliphatic heterocycles. The lowest BCUT2D eigenvalue weighted by atomic mass is 10.1. The molecule has 1 fully saturated rings. The smallest absolute Gasteiger partial charge is 0.407 e. The number of amides is 1. The standard InChI is InChI=1S/C18H27NO3/c1-13-10-15(21-12-14-8-6-5-7-9-14)11-16(13)19-17(20)22-18(2,3)4/h5-9,13,15-16H,10-12H2,1-4H3,(H,19,20)/t13-,15-,16-/m0/s1. The molecule has 0 heterocycles. The van der Waals surface area contributed by atoms with Crippen molar-refractivity contribution in [3.8, 4) is 0 Å². The van der Waals surface area contributed by atoms with Crippen LogP contribution in [0.5, 0.6) is 0 Å². The number of nitrogens with one attached hydrogen (secondary N) is 1. The van der Waals surface area contributed by atoms with Crippen molar-refractivity contribution >= 4 is 6.09 Å². The zero-order valence-corrected chi connectivity index (χ0v) is 14.0. The van der Waals surface area contributed by atoms with Crippen LogP contribution in [0.3, 0.4) is 0 Å². The Labute approximate surface area is 133 Å². The van der Waals surface area contributed by atoms with Crippen LogP contribution in [0.4, 0.5) is 4.79 Å². The molecule has 122 valence electrons. The molecule has 0 saturated heterocycles. The van der Waals surface area contributed by atoms with Gasteiger partial charge in [0.2, 0.25) is 0 Å². The van der Waals surface area contributed by atoms with Crippen LogP contribution in [0.15, 0.2) is 30.3 Å². The molecule has 0 bridgehead atoms. The molecule has 1 aromatic carbocycles. The molecule has 1 N–H and O–H groups in total. The molecule has 4 heteroatoms. The van der Waals surface area contributed by atoms with Crippen molar-refractivity contribution in [3.05, 3.63) is 35.9 Å². The largest absolute Gasteiger partial charge is 0.444 e. The fourth-order valence-corrected chi connectivity index (χ4v) is 2.78. The van der Waals surface area contributed by atoms with Gasteiger partial charge in [-0.2, -0.15) is 0 Å². The summed E-state index contributed by atoms with van der Waals surface area (Å²) in [4.78, 5) is 11.9. The molecule has 0 unspecified atom stereocenters. The number of ether oxygens (including phenoxy) is 2. The predicted molar refractivity (Wildman–Crippen MR) is 86.6 cm³/mol. The van der Waals surface area contributed by atoms with Crippen LogP contribution in [-0.2, 0) is 16.1 Å². The summed E-state index contributed by atoms with van der Waals surface area (Å²) in [5.41, 5.74) is 0.716. The van der Waals surface area contributed by atoms with E-state index < -0.39 is 5.60 Å². The summed E-state index contributed by atoms with van der Waals surface area (Å²) in [5.74, 6) is 0.397. The highest BCUT2D eigenvalue weighted by Crippen LogP contribution is 2.29. The maximum Gasteiger partial charge on any atom is 0.407 e. The first-order chi connectivity index (χ1) is 10.3. The highest BCUT2D eigenvalue weighted by atomic mass is 16.6. The number of benzene rings is 1. The van der Waals surface area contributed by atoms with Crippen molar-refractivity contribution < 1.29 is 14.3 Å². The number of carbonyl (C=O) groups is 1. The number of rotatable bonds is 4. The summed E-state index contributed by atoms with van der Waals surface area (Å²) < 4.78 is 11.3. The zero-order chi connectivity index (χ0) is 16.2. The normalized spacial score (nSPS) is 25.0. The summed E-state index contributed by atoms with van der Waals surface area (Å²) >= 11 is 0. The van der Waals surface area contributed by atoms with E-state index in [0.29, 0.717) is 12.5 Å². The molecular weight excluding hydrogens is 278 g/mol. The van der Waals surface area contributed by atoms with Gasteiger partial charge in [-0.15, -0.1) is 0 Å². The van der Waals surface area contributed by atoms with E-state index >= 15 is 0 Å². The Hall–Kier alpha value is -1.55. The first kappa shape index (κ1) is 16.8. The van der Waals surface area contributed by atoms with Crippen molar-refractivity contribution in [3.63, 3.8) is 0 Å². The highest BCUT2D eigenvalue weighted by molar-refractivity contribution is 5.68. The average Bonchev–Trinajstić information content (AvgIpc) is 2.76. The van der Waals surface area contributed by atoms with Gasteiger partial charge in [0.05, 0.1) is 12.7 Å². The van der Waals surface area contributed by atoms with Crippen molar-refractivity contribution in [2.24, 2.45) is 5.92 Å². The first-order valence-corrected chi connectivity index (χ1v) is 7.98. The van der Waals surface area contributed by atoms with Crippen molar-refractivity contribution in [2.45, 2.75) is 64.9 Å². The van der Waals surface area contributed by atoms with Crippen LogP contribution < -0.4 is 5.32 Å². The van der Waals surface area contributed by atoms with E-state index in [1.165, 1.54) is 5.56 Å². The maximum atomic E-state index is 11.9. The van der Waals surface area contributed by atoms with Gasteiger partial charge in [0.25, 0.3) is 0 Å². The van der Waals surface area contributed by atoms with E-state index in [0.717, 1.165) is 12.8 Å². The minimum atomic E-state index is -0.463. The SMILES string of the molecule is C[C@H]1C[C@H](OCc2ccccc2)C[C@@H]1NC(=O)OC(C)(C)C. The van der Waals surface area contributed by atoms with Crippen LogP contribution >= 0.6 is 0 Å². The van der Waals surface area contributed by atoms with Gasteiger partial charge in [-0.1, -0.05) is 37.3 Å². The van der Waals surface area contributed by atoms with Gasteiger partial charge in [-0.05, 0) is 45.1 Å². The molecule has 2 rings (SSSR count). The van der Waals surface area contributed by atoms with Gasteiger partial charge in [0, 0.05) is 6.04 Å². The summed E-state index contributed by atoms with van der Waals surface area (Å²) in [6, 6.07) is 10.3. The Kier molecular flexibility index (Phi) is 5.46. The van der Waals surface area contributed by atoms with Crippen molar-refractivity contribution in [2.75, 3.05) is 0 Å². The third-order valence-corrected chi connectivity index (χ3v) is 3.87. The van der Waals surface area contributed by atoms with E-state index in [1.54, 1.807) is 0 Å².